The van der Waals surface area contributed by atoms with Crippen molar-refractivity contribution in [2.75, 3.05) is 31.8 Å². The molecule has 0 spiro atoms. The lowest BCUT2D eigenvalue weighted by Crippen LogP contribution is -2.52. The average Bonchev–Trinajstić information content (AvgIpc) is 3.39. The first-order chi connectivity index (χ1) is 34.9. The average molecular weight is 1070 g/mol. The first-order valence-corrected chi connectivity index (χ1v) is 34.7. The Bertz CT molecular complexity index is 2170. The Balaban J connectivity index is 1.43. The van der Waals surface area contributed by atoms with Gasteiger partial charge in [0.25, 0.3) is 0 Å². The fourth-order valence-electron chi connectivity index (χ4n) is 9.23. The Morgan fingerprint density at radius 1 is 0.712 bits per heavy atom. The molecule has 0 N–H and O–H groups in total. The second-order valence-electron chi connectivity index (χ2n) is 22.4. The van der Waals surface area contributed by atoms with Crippen LogP contribution in [0.1, 0.15) is 123 Å². The Hall–Kier alpha value is -3.08. The minimum atomic E-state index is -2.10. The van der Waals surface area contributed by atoms with Crippen LogP contribution in [0.25, 0.3) is 0 Å². The topological polar surface area (TPSA) is 81.7 Å². The molecule has 1 fully saturated rings. The first kappa shape index (κ1) is 60.8. The van der Waals surface area contributed by atoms with Gasteiger partial charge in [0, 0.05) is 24.4 Å². The van der Waals surface area contributed by atoms with Crippen LogP contribution < -0.4 is 9.47 Å². The molecule has 0 amide bonds. The molecule has 1 saturated heterocycles. The number of benzene rings is 4. The molecule has 1 heterocycles. The van der Waals surface area contributed by atoms with Crippen molar-refractivity contribution in [2.45, 2.75) is 186 Å². The number of hydrogen-bond acceptors (Lipinski definition) is 10. The van der Waals surface area contributed by atoms with E-state index in [0.717, 1.165) is 89.9 Å². The van der Waals surface area contributed by atoms with Gasteiger partial charge in [-0.15, -0.1) is 23.5 Å². The van der Waals surface area contributed by atoms with Crippen molar-refractivity contribution < 1.29 is 37.3 Å². The van der Waals surface area contributed by atoms with Crippen LogP contribution in [0.5, 0.6) is 11.5 Å². The molecule has 4 aromatic carbocycles. The standard InChI is InChI=1S/C61H92O8S2Si2/c1-13-73(14-2,15-3)69-56(33-23-22-26-49-31-24-32-54(40-49)65-44-51-29-20-17-21-30-51)48(4)57(42-61(70-38-25-39-71-61)60(8,9)47-67-72(11,12)59(5,6)7)68-58(62)41-55(46-64-43-50-27-18-16-19-28-50)66-45-52-34-36-53(63-10)37-35-52/h16-21,24,27-32,34-37,40,48,55-57H,13-15,22-23,25-26,33,38-39,41-47H2,1-12H3/t48-,55-,56-,57+/m1/s1. The summed E-state index contributed by atoms with van der Waals surface area (Å²) < 4.78 is 45.9. The van der Waals surface area contributed by atoms with E-state index >= 15 is 0 Å². The van der Waals surface area contributed by atoms with Gasteiger partial charge in [0.2, 0.25) is 0 Å². The van der Waals surface area contributed by atoms with E-state index in [9.17, 15) is 4.79 Å². The van der Waals surface area contributed by atoms with Crippen molar-refractivity contribution >= 4 is 46.1 Å². The summed E-state index contributed by atoms with van der Waals surface area (Å²) in [5.74, 6) is 3.45. The van der Waals surface area contributed by atoms with Crippen LogP contribution in [0.4, 0.5) is 0 Å². The van der Waals surface area contributed by atoms with Gasteiger partial charge in [-0.05, 0) is 120 Å². The normalized spacial score (nSPS) is 16.1. The molecule has 5 rings (SSSR count). The molecule has 0 radical (unpaired) electrons. The number of thioether (sulfide) groups is 2. The predicted molar refractivity (Wildman–Crippen MR) is 312 cm³/mol. The van der Waals surface area contributed by atoms with Gasteiger partial charge >= 0.3 is 5.97 Å². The summed E-state index contributed by atoms with van der Waals surface area (Å²) >= 11 is 4.10. The van der Waals surface area contributed by atoms with Crippen LogP contribution in [0.15, 0.2) is 109 Å². The lowest BCUT2D eigenvalue weighted by atomic mass is 9.82. The predicted octanol–water partition coefficient (Wildman–Crippen LogP) is 16.1. The minimum Gasteiger partial charge on any atom is -0.497 e. The fourth-order valence-corrected chi connectivity index (χ4v) is 17.1. The van der Waals surface area contributed by atoms with Crippen molar-refractivity contribution in [2.24, 2.45) is 11.3 Å². The summed E-state index contributed by atoms with van der Waals surface area (Å²) in [6, 6.07) is 40.0. The molecular formula is C61H92O8S2Si2. The van der Waals surface area contributed by atoms with Gasteiger partial charge in [-0.2, -0.15) is 0 Å². The van der Waals surface area contributed by atoms with E-state index in [1.165, 1.54) is 5.56 Å². The summed E-state index contributed by atoms with van der Waals surface area (Å²) in [7, 11) is -2.51. The van der Waals surface area contributed by atoms with Crippen LogP contribution in [-0.4, -0.2) is 76.8 Å². The van der Waals surface area contributed by atoms with Crippen molar-refractivity contribution in [1.29, 1.82) is 0 Å². The number of rotatable bonds is 32. The number of aryl methyl sites for hydroxylation is 1. The smallest absolute Gasteiger partial charge is 0.308 e. The maximum atomic E-state index is 14.9. The monoisotopic (exact) mass is 1070 g/mol. The van der Waals surface area contributed by atoms with Crippen molar-refractivity contribution in [3.05, 3.63) is 131 Å². The van der Waals surface area contributed by atoms with Crippen molar-refractivity contribution in [3.63, 3.8) is 0 Å². The fraction of sp³-hybridized carbons (Fsp3) is 0.590. The third-order valence-electron chi connectivity index (χ3n) is 15.7. The molecule has 0 unspecified atom stereocenters. The zero-order valence-electron chi connectivity index (χ0n) is 46.8. The number of carbonyl (C=O) groups is 1. The summed E-state index contributed by atoms with van der Waals surface area (Å²) in [6.45, 7) is 27.9. The van der Waals surface area contributed by atoms with E-state index in [1.54, 1.807) is 7.11 Å². The molecule has 0 aliphatic carbocycles. The zero-order valence-corrected chi connectivity index (χ0v) is 50.4. The lowest BCUT2D eigenvalue weighted by Gasteiger charge is -2.51. The summed E-state index contributed by atoms with van der Waals surface area (Å²) in [5, 5.41) is 0.0875. The Morgan fingerprint density at radius 3 is 1.92 bits per heavy atom. The van der Waals surface area contributed by atoms with E-state index in [2.05, 4.69) is 141 Å². The third kappa shape index (κ3) is 18.9. The second kappa shape index (κ2) is 29.4. The highest BCUT2D eigenvalue weighted by Gasteiger charge is 2.52. The van der Waals surface area contributed by atoms with E-state index in [0.29, 0.717) is 32.8 Å². The Morgan fingerprint density at radius 2 is 1.32 bits per heavy atom. The minimum absolute atomic E-state index is 0.0660. The highest BCUT2D eigenvalue weighted by Crippen LogP contribution is 2.58. The van der Waals surface area contributed by atoms with E-state index in [1.807, 2.05) is 66.7 Å². The molecule has 0 saturated carbocycles. The van der Waals surface area contributed by atoms with Gasteiger partial charge in [0.1, 0.15) is 24.2 Å². The maximum Gasteiger partial charge on any atom is 0.308 e. The number of methoxy groups -OCH3 is 1. The summed E-state index contributed by atoms with van der Waals surface area (Å²) in [5.41, 5.74) is 4.25. The largest absolute Gasteiger partial charge is 0.497 e. The summed E-state index contributed by atoms with van der Waals surface area (Å²) in [4.78, 5) is 14.9. The van der Waals surface area contributed by atoms with Crippen LogP contribution in [0.2, 0.25) is 36.3 Å². The van der Waals surface area contributed by atoms with E-state index in [-0.39, 0.29) is 45.6 Å². The molecule has 0 aromatic heterocycles. The molecule has 0 bridgehead atoms. The maximum absolute atomic E-state index is 14.9. The zero-order chi connectivity index (χ0) is 53.0. The highest BCUT2D eigenvalue weighted by molar-refractivity contribution is 8.18. The van der Waals surface area contributed by atoms with Gasteiger partial charge in [-0.25, -0.2) is 0 Å². The lowest BCUT2D eigenvalue weighted by molar-refractivity contribution is -0.159. The molecule has 8 nitrogen and oxygen atoms in total. The highest BCUT2D eigenvalue weighted by atomic mass is 32.2. The van der Waals surface area contributed by atoms with Crippen LogP contribution >= 0.6 is 23.5 Å². The van der Waals surface area contributed by atoms with E-state index in [4.69, 9.17) is 32.5 Å². The van der Waals surface area contributed by atoms with Crippen molar-refractivity contribution in [3.8, 4) is 11.5 Å². The Kier molecular flexibility index (Phi) is 24.5. The van der Waals surface area contributed by atoms with Crippen LogP contribution in [0.3, 0.4) is 0 Å². The molecule has 404 valence electrons. The van der Waals surface area contributed by atoms with E-state index < -0.39 is 28.8 Å². The molecule has 1 aliphatic heterocycles. The van der Waals surface area contributed by atoms with Gasteiger partial charge in [0.15, 0.2) is 16.6 Å². The van der Waals surface area contributed by atoms with Gasteiger partial charge in [0.05, 0.1) is 49.6 Å². The number of esters is 1. The van der Waals surface area contributed by atoms with Crippen LogP contribution in [-0.2, 0) is 54.1 Å². The molecular weight excluding hydrogens is 981 g/mol. The summed E-state index contributed by atoms with van der Waals surface area (Å²) in [6.07, 6.45) is 4.74. The molecule has 1 aliphatic rings. The third-order valence-corrected chi connectivity index (χ3v) is 28.9. The van der Waals surface area contributed by atoms with Crippen LogP contribution in [0, 0.1) is 11.3 Å². The molecule has 4 aromatic rings. The second-order valence-corrected chi connectivity index (χ2v) is 35.0. The number of ether oxygens (including phenoxy) is 5. The quantitative estimate of drug-likeness (QED) is 0.0268. The van der Waals surface area contributed by atoms with Gasteiger partial charge in [-0.3, -0.25) is 4.79 Å². The van der Waals surface area contributed by atoms with Gasteiger partial charge < -0.3 is 32.5 Å². The molecule has 4 atom stereocenters. The number of carbonyl (C=O) groups excluding carboxylic acids is 1. The number of unbranched alkanes of at least 4 members (excludes halogenated alkanes) is 1. The molecule has 12 heteroatoms. The Labute approximate surface area is 452 Å². The first-order valence-electron chi connectivity index (χ1n) is 27.3. The number of hydrogen-bond donors (Lipinski definition) is 0. The van der Waals surface area contributed by atoms with Gasteiger partial charge in [-0.1, -0.05) is 154 Å². The van der Waals surface area contributed by atoms with Crippen molar-refractivity contribution in [1.82, 2.24) is 0 Å². The SMILES string of the molecule is CC[Si](CC)(CC)O[C@H](CCCCc1cccc(OCc2ccccc2)c1)[C@@H](C)[C@H](CC1(C(C)(C)CO[Si](C)(C)C(C)(C)C)SCCCS1)OC(=O)C[C@H](COCc1ccccc1)OCc1ccc(OC)cc1. The molecule has 73 heavy (non-hydrogen) atoms.